The Kier molecular flexibility index (Phi) is 4.10. The summed E-state index contributed by atoms with van der Waals surface area (Å²) >= 11 is 0. The molecule has 0 aliphatic carbocycles. The number of hydrogen-bond acceptors (Lipinski definition) is 4. The van der Waals surface area contributed by atoms with Crippen LogP contribution in [0.1, 0.15) is 13.8 Å². The number of carbonyl (C=O) groups is 1. The highest BCUT2D eigenvalue weighted by Crippen LogP contribution is 2.10. The fourth-order valence-electron chi connectivity index (χ4n) is 0.800. The van der Waals surface area contributed by atoms with E-state index in [2.05, 4.69) is 6.58 Å². The molecule has 0 saturated carbocycles. The molecule has 4 nitrogen and oxygen atoms in total. The molecule has 0 aromatic heterocycles. The molecule has 1 heterocycles. The van der Waals surface area contributed by atoms with Gasteiger partial charge >= 0.3 is 5.97 Å². The van der Waals surface area contributed by atoms with Crippen molar-refractivity contribution in [1.82, 2.24) is 0 Å². The van der Waals surface area contributed by atoms with Crippen molar-refractivity contribution in [2.24, 2.45) is 0 Å². The third-order valence-corrected chi connectivity index (χ3v) is 1.77. The van der Waals surface area contributed by atoms with Crippen LogP contribution in [0.4, 0.5) is 0 Å². The second kappa shape index (κ2) is 5.12. The van der Waals surface area contributed by atoms with Gasteiger partial charge in [0, 0.05) is 5.57 Å². The van der Waals surface area contributed by atoms with Gasteiger partial charge in [-0.2, -0.15) is 0 Å². The van der Waals surface area contributed by atoms with Crippen molar-refractivity contribution in [1.29, 1.82) is 0 Å². The van der Waals surface area contributed by atoms with E-state index in [-0.39, 0.29) is 24.8 Å². The number of epoxide rings is 1. The molecule has 1 saturated heterocycles. The Morgan fingerprint density at radius 1 is 1.71 bits per heavy atom. The minimum Gasteiger partial charge on any atom is -0.460 e. The van der Waals surface area contributed by atoms with Crippen LogP contribution in [0.15, 0.2) is 12.2 Å². The monoisotopic (exact) mass is 200 g/mol. The van der Waals surface area contributed by atoms with Crippen molar-refractivity contribution >= 4 is 5.97 Å². The van der Waals surface area contributed by atoms with Crippen LogP contribution in [0.3, 0.4) is 0 Å². The number of esters is 1. The summed E-state index contributed by atoms with van der Waals surface area (Å²) in [7, 11) is 0. The van der Waals surface area contributed by atoms with Gasteiger partial charge in [-0.05, 0) is 13.8 Å². The van der Waals surface area contributed by atoms with Gasteiger partial charge in [-0.25, -0.2) is 4.79 Å². The second-order valence-electron chi connectivity index (χ2n) is 3.48. The average Bonchev–Trinajstić information content (AvgIpc) is 2.94. The topological polar surface area (TPSA) is 48.1 Å². The first-order valence-electron chi connectivity index (χ1n) is 4.65. The van der Waals surface area contributed by atoms with Crippen LogP contribution < -0.4 is 0 Å². The SMILES string of the molecule is C=C(C)C(=O)OCC(C)OCC1CO1. The zero-order valence-corrected chi connectivity index (χ0v) is 8.62. The highest BCUT2D eigenvalue weighted by molar-refractivity contribution is 5.86. The molecule has 2 unspecified atom stereocenters. The maximum atomic E-state index is 11.0. The van der Waals surface area contributed by atoms with Crippen LogP contribution in [-0.2, 0) is 19.0 Å². The van der Waals surface area contributed by atoms with Gasteiger partial charge in [-0.1, -0.05) is 6.58 Å². The van der Waals surface area contributed by atoms with Gasteiger partial charge in [0.15, 0.2) is 0 Å². The fourth-order valence-corrected chi connectivity index (χ4v) is 0.800. The van der Waals surface area contributed by atoms with Gasteiger partial charge in [0.25, 0.3) is 0 Å². The van der Waals surface area contributed by atoms with Crippen LogP contribution in [-0.4, -0.2) is 38.0 Å². The molecule has 0 spiro atoms. The molecule has 0 radical (unpaired) electrons. The Bertz CT molecular complexity index is 220. The van der Waals surface area contributed by atoms with E-state index in [1.165, 1.54) is 0 Å². The van der Waals surface area contributed by atoms with E-state index < -0.39 is 0 Å². The minimum absolute atomic E-state index is 0.0949. The summed E-state index contributed by atoms with van der Waals surface area (Å²) < 4.78 is 15.3. The summed E-state index contributed by atoms with van der Waals surface area (Å²) in [6.07, 6.45) is 0.150. The average molecular weight is 200 g/mol. The number of ether oxygens (including phenoxy) is 3. The van der Waals surface area contributed by atoms with Gasteiger partial charge in [0.1, 0.15) is 12.7 Å². The molecule has 0 aromatic rings. The van der Waals surface area contributed by atoms with E-state index in [1.54, 1.807) is 6.92 Å². The van der Waals surface area contributed by atoms with E-state index >= 15 is 0 Å². The van der Waals surface area contributed by atoms with E-state index in [4.69, 9.17) is 14.2 Å². The van der Waals surface area contributed by atoms with Crippen LogP contribution in [0, 0.1) is 0 Å². The van der Waals surface area contributed by atoms with Gasteiger partial charge in [0.2, 0.25) is 0 Å². The Morgan fingerprint density at radius 3 is 2.86 bits per heavy atom. The molecule has 14 heavy (non-hydrogen) atoms. The van der Waals surface area contributed by atoms with Crippen LogP contribution in [0.2, 0.25) is 0 Å². The van der Waals surface area contributed by atoms with Crippen molar-refractivity contribution < 1.29 is 19.0 Å². The largest absolute Gasteiger partial charge is 0.460 e. The Labute approximate surface area is 83.8 Å². The highest BCUT2D eigenvalue weighted by atomic mass is 16.6. The first kappa shape index (κ1) is 11.2. The molecule has 1 rings (SSSR count). The number of rotatable bonds is 6. The summed E-state index contributed by atoms with van der Waals surface area (Å²) in [5.74, 6) is -0.372. The molecule has 0 bridgehead atoms. The third kappa shape index (κ3) is 4.39. The Hall–Kier alpha value is -0.870. The maximum absolute atomic E-state index is 11.0. The standard InChI is InChI=1S/C10H16O4/c1-7(2)10(11)14-4-8(3)12-5-9-6-13-9/h8-9H,1,4-6H2,2-3H3. The lowest BCUT2D eigenvalue weighted by Crippen LogP contribution is -2.21. The van der Waals surface area contributed by atoms with E-state index in [0.29, 0.717) is 12.2 Å². The lowest BCUT2D eigenvalue weighted by molar-refractivity contribution is -0.142. The highest BCUT2D eigenvalue weighted by Gasteiger charge is 2.23. The first-order chi connectivity index (χ1) is 6.59. The third-order valence-electron chi connectivity index (χ3n) is 1.77. The summed E-state index contributed by atoms with van der Waals surface area (Å²) in [6, 6.07) is 0. The van der Waals surface area contributed by atoms with Gasteiger partial charge in [0.05, 0.1) is 19.3 Å². The smallest absolute Gasteiger partial charge is 0.333 e. The fraction of sp³-hybridized carbons (Fsp3) is 0.700. The predicted octanol–water partition coefficient (Wildman–Crippen LogP) is 0.910. The van der Waals surface area contributed by atoms with E-state index in [9.17, 15) is 4.79 Å². The summed E-state index contributed by atoms with van der Waals surface area (Å²) in [5.41, 5.74) is 0.405. The molecule has 0 amide bonds. The summed E-state index contributed by atoms with van der Waals surface area (Å²) in [4.78, 5) is 11.0. The summed E-state index contributed by atoms with van der Waals surface area (Å²) in [6.45, 7) is 8.57. The normalized spacial score (nSPS) is 21.4. The van der Waals surface area contributed by atoms with Crippen LogP contribution >= 0.6 is 0 Å². The molecule has 1 aliphatic rings. The van der Waals surface area contributed by atoms with E-state index in [1.807, 2.05) is 6.92 Å². The van der Waals surface area contributed by atoms with Crippen molar-refractivity contribution in [3.05, 3.63) is 12.2 Å². The maximum Gasteiger partial charge on any atom is 0.333 e. The second-order valence-corrected chi connectivity index (χ2v) is 3.48. The number of carbonyl (C=O) groups excluding carboxylic acids is 1. The quantitative estimate of drug-likeness (QED) is 0.363. The molecule has 1 aliphatic heterocycles. The molecular formula is C10H16O4. The molecule has 0 aromatic carbocycles. The minimum atomic E-state index is -0.372. The Balaban J connectivity index is 2.03. The Morgan fingerprint density at radius 2 is 2.36 bits per heavy atom. The van der Waals surface area contributed by atoms with Gasteiger partial charge in [-0.3, -0.25) is 0 Å². The van der Waals surface area contributed by atoms with Crippen molar-refractivity contribution in [3.63, 3.8) is 0 Å². The van der Waals surface area contributed by atoms with Crippen molar-refractivity contribution in [2.75, 3.05) is 19.8 Å². The van der Waals surface area contributed by atoms with Crippen LogP contribution in [0.25, 0.3) is 0 Å². The summed E-state index contributed by atoms with van der Waals surface area (Å²) in [5, 5.41) is 0. The lowest BCUT2D eigenvalue weighted by Gasteiger charge is -2.12. The molecular weight excluding hydrogens is 184 g/mol. The molecule has 80 valence electrons. The lowest BCUT2D eigenvalue weighted by atomic mass is 10.3. The molecule has 4 heteroatoms. The molecule has 1 fully saturated rings. The number of hydrogen-bond donors (Lipinski definition) is 0. The zero-order valence-electron chi connectivity index (χ0n) is 8.62. The molecule has 2 atom stereocenters. The van der Waals surface area contributed by atoms with E-state index in [0.717, 1.165) is 6.61 Å². The zero-order chi connectivity index (χ0) is 10.6. The van der Waals surface area contributed by atoms with Crippen molar-refractivity contribution in [2.45, 2.75) is 26.1 Å². The first-order valence-corrected chi connectivity index (χ1v) is 4.65. The van der Waals surface area contributed by atoms with Gasteiger partial charge < -0.3 is 14.2 Å². The van der Waals surface area contributed by atoms with Crippen molar-refractivity contribution in [3.8, 4) is 0 Å². The predicted molar refractivity (Wildman–Crippen MR) is 50.9 cm³/mol. The van der Waals surface area contributed by atoms with Crippen LogP contribution in [0.5, 0.6) is 0 Å². The van der Waals surface area contributed by atoms with Gasteiger partial charge in [-0.15, -0.1) is 0 Å². The molecule has 0 N–H and O–H groups in total.